The van der Waals surface area contributed by atoms with Gasteiger partial charge in [-0.2, -0.15) is 0 Å². The standard InChI is InChI=1S/C14H19FN4O3/c15-11-6-16-13(17-7-11)19-3-1-2-14(10-19)9-18(4-5-22-14)12(21)8-20/h6-7,20H,1-5,8-10H2/t14-/m1/s1. The summed E-state index contributed by atoms with van der Waals surface area (Å²) in [6, 6.07) is 0. The Morgan fingerprint density at radius 3 is 2.86 bits per heavy atom. The minimum Gasteiger partial charge on any atom is -0.387 e. The smallest absolute Gasteiger partial charge is 0.248 e. The highest BCUT2D eigenvalue weighted by Gasteiger charge is 2.42. The molecule has 8 heteroatoms. The second-order valence-corrected chi connectivity index (χ2v) is 5.73. The van der Waals surface area contributed by atoms with Crippen LogP contribution < -0.4 is 4.90 Å². The van der Waals surface area contributed by atoms with Crippen molar-refractivity contribution in [2.24, 2.45) is 0 Å². The minimum atomic E-state index is -0.485. The molecule has 1 N–H and O–H groups in total. The van der Waals surface area contributed by atoms with E-state index in [0.717, 1.165) is 31.8 Å². The summed E-state index contributed by atoms with van der Waals surface area (Å²) in [5, 5.41) is 9.03. The second kappa shape index (κ2) is 6.13. The summed E-state index contributed by atoms with van der Waals surface area (Å²) < 4.78 is 18.9. The summed E-state index contributed by atoms with van der Waals surface area (Å²) in [6.07, 6.45) is 4.00. The number of halogens is 1. The molecule has 1 spiro atoms. The first-order valence-corrected chi connectivity index (χ1v) is 7.37. The first-order chi connectivity index (χ1) is 10.6. The van der Waals surface area contributed by atoms with Crippen molar-refractivity contribution in [3.8, 4) is 0 Å². The van der Waals surface area contributed by atoms with E-state index in [1.165, 1.54) is 0 Å². The van der Waals surface area contributed by atoms with Gasteiger partial charge in [-0.05, 0) is 12.8 Å². The Balaban J connectivity index is 1.74. The van der Waals surface area contributed by atoms with Crippen molar-refractivity contribution in [2.45, 2.75) is 18.4 Å². The number of morpholine rings is 1. The minimum absolute atomic E-state index is 0.280. The summed E-state index contributed by atoms with van der Waals surface area (Å²) in [5.74, 6) is -0.281. The van der Waals surface area contributed by atoms with E-state index < -0.39 is 18.0 Å². The van der Waals surface area contributed by atoms with Crippen LogP contribution in [0.1, 0.15) is 12.8 Å². The van der Waals surface area contributed by atoms with Crippen LogP contribution in [0.25, 0.3) is 0 Å². The van der Waals surface area contributed by atoms with Crippen LogP contribution >= 0.6 is 0 Å². The highest BCUT2D eigenvalue weighted by Crippen LogP contribution is 2.30. The van der Waals surface area contributed by atoms with Crippen LogP contribution in [-0.2, 0) is 9.53 Å². The summed E-state index contributed by atoms with van der Waals surface area (Å²) in [5.41, 5.74) is -0.473. The maximum atomic E-state index is 12.9. The number of amides is 1. The summed E-state index contributed by atoms with van der Waals surface area (Å²) >= 11 is 0. The van der Waals surface area contributed by atoms with Gasteiger partial charge < -0.3 is 19.6 Å². The molecule has 22 heavy (non-hydrogen) atoms. The van der Waals surface area contributed by atoms with Crippen LogP contribution in [0, 0.1) is 5.82 Å². The van der Waals surface area contributed by atoms with Crippen molar-refractivity contribution >= 4 is 11.9 Å². The van der Waals surface area contributed by atoms with E-state index in [1.54, 1.807) is 4.90 Å². The molecule has 2 fully saturated rings. The quantitative estimate of drug-likeness (QED) is 0.815. The molecule has 7 nitrogen and oxygen atoms in total. The van der Waals surface area contributed by atoms with Gasteiger partial charge in [0.05, 0.1) is 32.1 Å². The van der Waals surface area contributed by atoms with Gasteiger partial charge in [0.1, 0.15) is 12.2 Å². The zero-order chi connectivity index (χ0) is 15.6. The Hall–Kier alpha value is -1.80. The molecule has 0 bridgehead atoms. The number of aliphatic hydroxyl groups is 1. The summed E-state index contributed by atoms with van der Waals surface area (Å²) in [4.78, 5) is 23.3. The van der Waals surface area contributed by atoms with Crippen LogP contribution in [-0.4, -0.2) is 70.9 Å². The van der Waals surface area contributed by atoms with E-state index in [9.17, 15) is 9.18 Å². The fourth-order valence-corrected chi connectivity index (χ4v) is 3.14. The van der Waals surface area contributed by atoms with E-state index in [1.807, 2.05) is 4.90 Å². The van der Waals surface area contributed by atoms with Gasteiger partial charge in [0.25, 0.3) is 0 Å². The zero-order valence-electron chi connectivity index (χ0n) is 12.2. The topological polar surface area (TPSA) is 78.8 Å². The van der Waals surface area contributed by atoms with Gasteiger partial charge in [0, 0.05) is 13.1 Å². The van der Waals surface area contributed by atoms with Gasteiger partial charge in [0.15, 0.2) is 5.82 Å². The fourth-order valence-electron chi connectivity index (χ4n) is 3.14. The predicted octanol–water partition coefficient (Wildman–Crippen LogP) is -0.194. The molecule has 2 saturated heterocycles. The molecule has 1 atom stereocenters. The molecule has 1 amide bonds. The number of carbonyl (C=O) groups excluding carboxylic acids is 1. The molecule has 1 aromatic rings. The maximum Gasteiger partial charge on any atom is 0.248 e. The lowest BCUT2D eigenvalue weighted by Gasteiger charge is -2.47. The van der Waals surface area contributed by atoms with Gasteiger partial charge >= 0.3 is 0 Å². The van der Waals surface area contributed by atoms with Gasteiger partial charge in [-0.3, -0.25) is 4.79 Å². The number of nitrogens with zero attached hydrogens (tertiary/aromatic N) is 4. The number of anilines is 1. The van der Waals surface area contributed by atoms with Crippen molar-refractivity contribution < 1.29 is 19.0 Å². The van der Waals surface area contributed by atoms with Gasteiger partial charge in [0.2, 0.25) is 11.9 Å². The zero-order valence-corrected chi connectivity index (χ0v) is 12.2. The van der Waals surface area contributed by atoms with Crippen LogP contribution in [0.5, 0.6) is 0 Å². The van der Waals surface area contributed by atoms with Crippen LogP contribution in [0.4, 0.5) is 10.3 Å². The number of hydrogen-bond acceptors (Lipinski definition) is 6. The van der Waals surface area contributed by atoms with Crippen LogP contribution in [0.2, 0.25) is 0 Å². The van der Waals surface area contributed by atoms with Crippen molar-refractivity contribution in [3.63, 3.8) is 0 Å². The third kappa shape index (κ3) is 3.02. The van der Waals surface area contributed by atoms with E-state index in [4.69, 9.17) is 9.84 Å². The average molecular weight is 310 g/mol. The molecule has 0 unspecified atom stereocenters. The third-order valence-corrected chi connectivity index (χ3v) is 4.17. The molecule has 1 aromatic heterocycles. The molecular formula is C14H19FN4O3. The number of hydrogen-bond donors (Lipinski definition) is 1. The van der Waals surface area contributed by atoms with Crippen molar-refractivity contribution in [2.75, 3.05) is 44.3 Å². The van der Waals surface area contributed by atoms with E-state index in [-0.39, 0.29) is 5.91 Å². The van der Waals surface area contributed by atoms with E-state index >= 15 is 0 Å². The molecule has 0 aromatic carbocycles. The first-order valence-electron chi connectivity index (χ1n) is 7.37. The molecule has 0 saturated carbocycles. The van der Waals surface area contributed by atoms with Gasteiger partial charge in [-0.15, -0.1) is 0 Å². The van der Waals surface area contributed by atoms with Crippen molar-refractivity contribution in [3.05, 3.63) is 18.2 Å². The van der Waals surface area contributed by atoms with Gasteiger partial charge in [-0.1, -0.05) is 0 Å². The first kappa shape index (κ1) is 15.1. The number of carbonyl (C=O) groups is 1. The monoisotopic (exact) mass is 310 g/mol. The summed E-state index contributed by atoms with van der Waals surface area (Å²) in [7, 11) is 0. The molecule has 0 radical (unpaired) electrons. The Bertz CT molecular complexity index is 537. The Morgan fingerprint density at radius 2 is 2.14 bits per heavy atom. The Labute approximate surface area is 127 Å². The molecule has 3 rings (SSSR count). The molecule has 0 aliphatic carbocycles. The number of piperidine rings is 1. The highest BCUT2D eigenvalue weighted by molar-refractivity contribution is 5.77. The molecule has 2 aliphatic rings. The number of aliphatic hydroxyl groups excluding tert-OH is 1. The molecule has 2 aliphatic heterocycles. The normalized spacial score (nSPS) is 25.5. The lowest BCUT2D eigenvalue weighted by atomic mass is 9.91. The van der Waals surface area contributed by atoms with Crippen LogP contribution in [0.15, 0.2) is 12.4 Å². The lowest BCUT2D eigenvalue weighted by molar-refractivity contribution is -0.154. The maximum absolute atomic E-state index is 12.9. The molecular weight excluding hydrogens is 291 g/mol. The Morgan fingerprint density at radius 1 is 1.36 bits per heavy atom. The van der Waals surface area contributed by atoms with E-state index in [0.29, 0.717) is 32.2 Å². The highest BCUT2D eigenvalue weighted by atomic mass is 19.1. The third-order valence-electron chi connectivity index (χ3n) is 4.17. The number of aromatic nitrogens is 2. The van der Waals surface area contributed by atoms with Crippen LogP contribution in [0.3, 0.4) is 0 Å². The second-order valence-electron chi connectivity index (χ2n) is 5.73. The largest absolute Gasteiger partial charge is 0.387 e. The number of ether oxygens (including phenoxy) is 1. The average Bonchev–Trinajstić information content (AvgIpc) is 2.55. The summed E-state index contributed by atoms with van der Waals surface area (Å²) in [6.45, 7) is 2.22. The Kier molecular flexibility index (Phi) is 4.21. The molecule has 120 valence electrons. The van der Waals surface area contributed by atoms with E-state index in [2.05, 4.69) is 9.97 Å². The van der Waals surface area contributed by atoms with Crippen molar-refractivity contribution in [1.82, 2.24) is 14.9 Å². The van der Waals surface area contributed by atoms with Gasteiger partial charge in [-0.25, -0.2) is 14.4 Å². The SMILES string of the molecule is O=C(CO)N1CCO[C@]2(CCCN(c3ncc(F)cn3)C2)C1. The molecule has 3 heterocycles. The predicted molar refractivity (Wildman–Crippen MR) is 75.8 cm³/mol. The lowest BCUT2D eigenvalue weighted by Crippen LogP contribution is -2.61. The fraction of sp³-hybridized carbons (Fsp3) is 0.643. The van der Waals surface area contributed by atoms with Crippen molar-refractivity contribution in [1.29, 1.82) is 0 Å². The number of rotatable bonds is 2.